The average Bonchev–Trinajstić information content (AvgIpc) is 3.25. The summed E-state index contributed by atoms with van der Waals surface area (Å²) in [5, 5.41) is 0.918. The average molecular weight is 482 g/mol. The highest BCUT2D eigenvalue weighted by Gasteiger charge is 2.24. The van der Waals surface area contributed by atoms with Crippen LogP contribution in [-0.4, -0.2) is 62.3 Å². The van der Waals surface area contributed by atoms with Crippen LogP contribution in [0, 0.1) is 11.6 Å². The van der Waals surface area contributed by atoms with Crippen LogP contribution in [0.4, 0.5) is 13.9 Å². The van der Waals surface area contributed by atoms with Gasteiger partial charge in [-0.25, -0.2) is 13.8 Å². The number of rotatable bonds is 7. The van der Waals surface area contributed by atoms with Gasteiger partial charge >= 0.3 is 0 Å². The maximum Gasteiger partial charge on any atom is 0.260 e. The number of thiazole rings is 1. The molecule has 6 nitrogen and oxygen atoms in total. The van der Waals surface area contributed by atoms with Crippen LogP contribution < -0.4 is 9.64 Å². The minimum Gasteiger partial charge on any atom is -0.494 e. The predicted molar refractivity (Wildman–Crippen MR) is 121 cm³/mol. The second kappa shape index (κ2) is 10.1. The summed E-state index contributed by atoms with van der Waals surface area (Å²) < 4.78 is 38.7. The summed E-state index contributed by atoms with van der Waals surface area (Å²) in [5.74, 6) is -1.99. The molecule has 1 aromatic heterocycles. The Morgan fingerprint density at radius 2 is 2.03 bits per heavy atom. The van der Waals surface area contributed by atoms with Crippen molar-refractivity contribution in [2.24, 2.45) is 0 Å². The van der Waals surface area contributed by atoms with Crippen LogP contribution in [0.15, 0.2) is 30.3 Å². The number of halogens is 3. The Balaban J connectivity index is 1.64. The van der Waals surface area contributed by atoms with Gasteiger partial charge in [-0.1, -0.05) is 22.9 Å². The number of morpholine rings is 1. The van der Waals surface area contributed by atoms with Gasteiger partial charge in [-0.3, -0.25) is 14.6 Å². The first kappa shape index (κ1) is 22.8. The number of benzene rings is 2. The molecule has 10 heteroatoms. The van der Waals surface area contributed by atoms with Crippen molar-refractivity contribution < 1.29 is 23.0 Å². The van der Waals surface area contributed by atoms with Crippen molar-refractivity contribution >= 4 is 44.2 Å². The molecule has 1 saturated heterocycles. The van der Waals surface area contributed by atoms with E-state index in [0.717, 1.165) is 31.8 Å². The third-order valence-electron chi connectivity index (χ3n) is 5.27. The molecule has 0 saturated carbocycles. The highest BCUT2D eigenvalue weighted by atomic mass is 35.5. The summed E-state index contributed by atoms with van der Waals surface area (Å²) in [6.07, 6.45) is 0.677. The fourth-order valence-corrected chi connectivity index (χ4v) is 4.85. The molecule has 0 spiro atoms. The van der Waals surface area contributed by atoms with Crippen molar-refractivity contribution in [3.05, 3.63) is 52.6 Å². The molecule has 0 radical (unpaired) electrons. The number of fused-ring (bicyclic) bond motifs is 1. The van der Waals surface area contributed by atoms with Gasteiger partial charge in [0.15, 0.2) is 16.8 Å². The molecule has 1 aliphatic heterocycles. The molecule has 1 amide bonds. The van der Waals surface area contributed by atoms with Gasteiger partial charge in [-0.05, 0) is 36.8 Å². The van der Waals surface area contributed by atoms with Crippen molar-refractivity contribution in [2.45, 2.75) is 6.42 Å². The van der Waals surface area contributed by atoms with Gasteiger partial charge in [-0.2, -0.15) is 0 Å². The largest absolute Gasteiger partial charge is 0.494 e. The Bertz CT molecular complexity index is 1120. The van der Waals surface area contributed by atoms with Crippen molar-refractivity contribution in [3.63, 3.8) is 0 Å². The van der Waals surface area contributed by atoms with E-state index < -0.39 is 17.5 Å². The van der Waals surface area contributed by atoms with Crippen molar-refractivity contribution in [3.8, 4) is 5.75 Å². The molecule has 32 heavy (non-hydrogen) atoms. The lowest BCUT2D eigenvalue weighted by atomic mass is 10.2. The number of anilines is 1. The summed E-state index contributed by atoms with van der Waals surface area (Å²) in [6, 6.07) is 6.57. The van der Waals surface area contributed by atoms with E-state index >= 15 is 0 Å². The minimum absolute atomic E-state index is 0.0487. The third-order valence-corrected chi connectivity index (χ3v) is 6.81. The summed E-state index contributed by atoms with van der Waals surface area (Å²) in [6.45, 7) is 4.19. The zero-order valence-corrected chi connectivity index (χ0v) is 19.0. The number of nitrogens with zero attached hydrogens (tertiary/aromatic N) is 3. The molecular weight excluding hydrogens is 460 g/mol. The van der Waals surface area contributed by atoms with E-state index in [-0.39, 0.29) is 5.56 Å². The zero-order chi connectivity index (χ0) is 22.7. The number of methoxy groups -OCH3 is 1. The Morgan fingerprint density at radius 1 is 1.25 bits per heavy atom. The van der Waals surface area contributed by atoms with Gasteiger partial charge in [0, 0.05) is 31.7 Å². The second-order valence-corrected chi connectivity index (χ2v) is 8.70. The molecule has 2 aromatic carbocycles. The van der Waals surface area contributed by atoms with Crippen LogP contribution in [0.3, 0.4) is 0 Å². The monoisotopic (exact) mass is 481 g/mol. The number of hydrogen-bond donors (Lipinski definition) is 0. The first-order valence-electron chi connectivity index (χ1n) is 10.2. The fraction of sp³-hybridized carbons (Fsp3) is 0.364. The summed E-state index contributed by atoms with van der Waals surface area (Å²) in [7, 11) is 1.54. The van der Waals surface area contributed by atoms with Crippen molar-refractivity contribution in [2.75, 3.05) is 51.4 Å². The van der Waals surface area contributed by atoms with E-state index in [9.17, 15) is 13.6 Å². The molecule has 4 rings (SSSR count). The Hall–Kier alpha value is -2.33. The summed E-state index contributed by atoms with van der Waals surface area (Å²) in [4.78, 5) is 21.7. The molecular formula is C22H22ClF2N3O3S. The van der Waals surface area contributed by atoms with Crippen LogP contribution in [-0.2, 0) is 4.74 Å². The SMILES string of the molecule is COc1ccc(Cl)c2sc(N(CCCN3CCOCC3)C(=O)c3ccc(F)c(F)c3)nc12. The number of aromatic nitrogens is 1. The predicted octanol–water partition coefficient (Wildman–Crippen LogP) is 4.61. The molecule has 0 aliphatic carbocycles. The van der Waals surface area contributed by atoms with Crippen LogP contribution in [0.1, 0.15) is 16.8 Å². The fourth-order valence-electron chi connectivity index (χ4n) is 3.57. The normalized spacial score (nSPS) is 14.6. The molecule has 1 aliphatic rings. The standard InChI is InChI=1S/C22H22ClF2N3O3S/c1-30-18-6-4-15(23)20-19(18)26-22(32-20)28(8-2-7-27-9-11-31-12-10-27)21(29)14-3-5-16(24)17(25)13-14/h3-6,13H,2,7-12H2,1H3. The van der Waals surface area contributed by atoms with E-state index in [0.29, 0.717) is 52.3 Å². The molecule has 3 aromatic rings. The topological polar surface area (TPSA) is 54.9 Å². The quantitative estimate of drug-likeness (QED) is 0.493. The van der Waals surface area contributed by atoms with Crippen LogP contribution in [0.2, 0.25) is 5.02 Å². The first-order valence-corrected chi connectivity index (χ1v) is 11.4. The Kier molecular flexibility index (Phi) is 7.20. The smallest absolute Gasteiger partial charge is 0.260 e. The van der Waals surface area contributed by atoms with Crippen molar-refractivity contribution in [1.29, 1.82) is 0 Å². The summed E-state index contributed by atoms with van der Waals surface area (Å²) >= 11 is 7.60. The number of carbonyl (C=O) groups is 1. The Morgan fingerprint density at radius 3 is 2.75 bits per heavy atom. The second-order valence-electron chi connectivity index (χ2n) is 7.32. The van der Waals surface area contributed by atoms with Gasteiger partial charge in [0.2, 0.25) is 0 Å². The molecule has 0 N–H and O–H groups in total. The van der Waals surface area contributed by atoms with Gasteiger partial charge in [0.05, 0.1) is 30.0 Å². The number of ether oxygens (including phenoxy) is 2. The van der Waals surface area contributed by atoms with Crippen LogP contribution in [0.25, 0.3) is 10.2 Å². The highest BCUT2D eigenvalue weighted by Crippen LogP contribution is 2.39. The van der Waals surface area contributed by atoms with Gasteiger partial charge in [0.1, 0.15) is 11.3 Å². The van der Waals surface area contributed by atoms with Gasteiger partial charge in [-0.15, -0.1) is 0 Å². The van der Waals surface area contributed by atoms with Gasteiger partial charge in [0.25, 0.3) is 5.91 Å². The lowest BCUT2D eigenvalue weighted by Gasteiger charge is -2.27. The lowest BCUT2D eigenvalue weighted by Crippen LogP contribution is -2.39. The highest BCUT2D eigenvalue weighted by molar-refractivity contribution is 7.23. The first-order chi connectivity index (χ1) is 15.5. The number of hydrogen-bond acceptors (Lipinski definition) is 6. The van der Waals surface area contributed by atoms with E-state index in [1.165, 1.54) is 29.4 Å². The van der Waals surface area contributed by atoms with E-state index in [2.05, 4.69) is 9.88 Å². The molecule has 1 fully saturated rings. The third kappa shape index (κ3) is 4.85. The molecule has 170 valence electrons. The minimum atomic E-state index is -1.07. The van der Waals surface area contributed by atoms with E-state index in [1.54, 1.807) is 12.1 Å². The maximum atomic E-state index is 13.8. The molecule has 0 atom stereocenters. The van der Waals surface area contributed by atoms with Crippen LogP contribution >= 0.6 is 22.9 Å². The number of amides is 1. The maximum absolute atomic E-state index is 13.8. The molecule has 0 bridgehead atoms. The number of carbonyl (C=O) groups excluding carboxylic acids is 1. The molecule has 0 unspecified atom stereocenters. The summed E-state index contributed by atoms with van der Waals surface area (Å²) in [5.41, 5.74) is 0.601. The van der Waals surface area contributed by atoms with E-state index in [1.807, 2.05) is 0 Å². The van der Waals surface area contributed by atoms with Crippen LogP contribution in [0.5, 0.6) is 5.75 Å². The molecule has 2 heterocycles. The van der Waals surface area contributed by atoms with Gasteiger partial charge < -0.3 is 9.47 Å². The zero-order valence-electron chi connectivity index (χ0n) is 17.4. The van der Waals surface area contributed by atoms with Crippen molar-refractivity contribution in [1.82, 2.24) is 9.88 Å². The van der Waals surface area contributed by atoms with E-state index in [4.69, 9.17) is 21.1 Å². The lowest BCUT2D eigenvalue weighted by molar-refractivity contribution is 0.0376. The Labute approximate surface area is 193 Å².